The molecule has 1 atom stereocenters. The molecule has 0 aromatic rings. The molecule has 1 aliphatic carbocycles. The van der Waals surface area contributed by atoms with Crippen molar-refractivity contribution in [2.24, 2.45) is 0 Å². The first-order chi connectivity index (χ1) is 8.83. The van der Waals surface area contributed by atoms with Gasteiger partial charge >= 0.3 is 6.09 Å². The van der Waals surface area contributed by atoms with E-state index < -0.39 is 0 Å². The van der Waals surface area contributed by atoms with Crippen LogP contribution in [0.25, 0.3) is 0 Å². The summed E-state index contributed by atoms with van der Waals surface area (Å²) in [6, 6.07) is 0. The summed E-state index contributed by atoms with van der Waals surface area (Å²) in [5.74, 6) is 0. The average molecular weight is 254 g/mol. The van der Waals surface area contributed by atoms with Gasteiger partial charge in [0.05, 0.1) is 0 Å². The van der Waals surface area contributed by atoms with E-state index in [-0.39, 0.29) is 12.2 Å². The molecule has 0 fully saturated rings. The predicted molar refractivity (Wildman–Crippen MR) is 69.2 cm³/mol. The van der Waals surface area contributed by atoms with E-state index in [1.54, 1.807) is 0 Å². The first-order valence-corrected chi connectivity index (χ1v) is 6.59. The van der Waals surface area contributed by atoms with Crippen LogP contribution in [-0.2, 0) is 9.53 Å². The predicted octanol–water partition coefficient (Wildman–Crippen LogP) is 1.74. The molecule has 5 heteroatoms. The van der Waals surface area contributed by atoms with Gasteiger partial charge in [0.2, 0.25) is 6.41 Å². The minimum Gasteiger partial charge on any atom is -0.446 e. The molecule has 1 aliphatic rings. The fourth-order valence-corrected chi connectivity index (χ4v) is 1.88. The molecule has 0 bridgehead atoms. The molecule has 0 spiro atoms. The van der Waals surface area contributed by atoms with Gasteiger partial charge in [-0.15, -0.1) is 0 Å². The van der Waals surface area contributed by atoms with Crippen LogP contribution >= 0.6 is 0 Å². The fraction of sp³-hybridized carbons (Fsp3) is 0.692. The van der Waals surface area contributed by atoms with Crippen LogP contribution in [0.5, 0.6) is 0 Å². The van der Waals surface area contributed by atoms with Gasteiger partial charge in [0.15, 0.2) is 0 Å². The van der Waals surface area contributed by atoms with E-state index in [9.17, 15) is 9.59 Å². The third kappa shape index (κ3) is 6.93. The first kappa shape index (κ1) is 14.5. The number of carbonyl (C=O) groups excluding carboxylic acids is 2. The first-order valence-electron chi connectivity index (χ1n) is 6.59. The van der Waals surface area contributed by atoms with Gasteiger partial charge in [0.1, 0.15) is 6.10 Å². The normalized spacial score (nSPS) is 21.2. The van der Waals surface area contributed by atoms with E-state index in [2.05, 4.69) is 22.8 Å². The van der Waals surface area contributed by atoms with Gasteiger partial charge in [0, 0.05) is 13.1 Å². The molecular weight excluding hydrogens is 232 g/mol. The zero-order chi connectivity index (χ0) is 13.1. The second kappa shape index (κ2) is 9.50. The Balaban J connectivity index is 2.10. The Kier molecular flexibility index (Phi) is 7.68. The molecule has 5 nitrogen and oxygen atoms in total. The summed E-state index contributed by atoms with van der Waals surface area (Å²) in [6.45, 7) is 1.09. The lowest BCUT2D eigenvalue weighted by Crippen LogP contribution is -2.31. The lowest BCUT2D eigenvalue weighted by atomic mass is 10.0. The second-order valence-electron chi connectivity index (χ2n) is 4.36. The molecule has 0 heterocycles. The van der Waals surface area contributed by atoms with Gasteiger partial charge in [-0.1, -0.05) is 12.2 Å². The maximum atomic E-state index is 11.5. The molecule has 0 saturated heterocycles. The van der Waals surface area contributed by atoms with E-state index in [4.69, 9.17) is 4.74 Å². The van der Waals surface area contributed by atoms with Crippen molar-refractivity contribution in [2.45, 2.75) is 44.6 Å². The summed E-state index contributed by atoms with van der Waals surface area (Å²) in [5.41, 5.74) is 0. The second-order valence-corrected chi connectivity index (χ2v) is 4.36. The zero-order valence-corrected chi connectivity index (χ0v) is 10.7. The Bertz CT molecular complexity index is 279. The van der Waals surface area contributed by atoms with Crippen molar-refractivity contribution in [1.29, 1.82) is 0 Å². The van der Waals surface area contributed by atoms with Crippen LogP contribution in [0.3, 0.4) is 0 Å². The Labute approximate surface area is 108 Å². The molecule has 1 rings (SSSR count). The lowest BCUT2D eigenvalue weighted by Gasteiger charge is -2.18. The molecule has 0 aliphatic heterocycles. The average Bonchev–Trinajstić information content (AvgIpc) is 2.32. The maximum absolute atomic E-state index is 11.5. The Hall–Kier alpha value is -1.52. The van der Waals surface area contributed by atoms with Gasteiger partial charge < -0.3 is 15.4 Å². The van der Waals surface area contributed by atoms with Crippen LogP contribution < -0.4 is 10.6 Å². The maximum Gasteiger partial charge on any atom is 0.407 e. The molecule has 2 amide bonds. The number of alkyl carbamates (subject to hydrolysis) is 1. The molecule has 0 radical (unpaired) electrons. The highest BCUT2D eigenvalue weighted by Gasteiger charge is 2.13. The van der Waals surface area contributed by atoms with Crippen LogP contribution in [0.15, 0.2) is 12.2 Å². The molecule has 0 saturated carbocycles. The smallest absolute Gasteiger partial charge is 0.407 e. The summed E-state index contributed by atoms with van der Waals surface area (Å²) in [7, 11) is 0. The van der Waals surface area contributed by atoms with Crippen molar-refractivity contribution in [3.63, 3.8) is 0 Å². The van der Waals surface area contributed by atoms with Gasteiger partial charge in [-0.25, -0.2) is 4.79 Å². The number of ether oxygens (including phenoxy) is 1. The van der Waals surface area contributed by atoms with Gasteiger partial charge in [-0.3, -0.25) is 4.79 Å². The van der Waals surface area contributed by atoms with Crippen molar-refractivity contribution in [3.05, 3.63) is 12.2 Å². The number of nitrogens with one attached hydrogen (secondary N) is 2. The van der Waals surface area contributed by atoms with Crippen LogP contribution in [0.4, 0.5) is 4.79 Å². The number of hydrogen-bond donors (Lipinski definition) is 2. The summed E-state index contributed by atoms with van der Waals surface area (Å²) < 4.78 is 5.36. The van der Waals surface area contributed by atoms with Crippen molar-refractivity contribution in [3.8, 4) is 0 Å². The Morgan fingerprint density at radius 2 is 2.11 bits per heavy atom. The summed E-state index contributed by atoms with van der Waals surface area (Å²) >= 11 is 0. The minimum absolute atomic E-state index is 0.0306. The SMILES string of the molecule is O=CNCCCNC(=O)OC1CC/C=C/CCC1. The Morgan fingerprint density at radius 3 is 2.94 bits per heavy atom. The van der Waals surface area contributed by atoms with Crippen molar-refractivity contribution >= 4 is 12.5 Å². The highest BCUT2D eigenvalue weighted by atomic mass is 16.6. The van der Waals surface area contributed by atoms with E-state index in [1.807, 2.05) is 0 Å². The van der Waals surface area contributed by atoms with Crippen LogP contribution in [0.2, 0.25) is 0 Å². The van der Waals surface area contributed by atoms with Crippen molar-refractivity contribution < 1.29 is 14.3 Å². The standard InChI is InChI=1S/C13H22N2O3/c16-11-14-9-6-10-15-13(17)18-12-7-4-2-1-3-5-8-12/h1-2,11-12H,3-10H2,(H,14,16)(H,15,17)/b2-1+. The monoisotopic (exact) mass is 254 g/mol. The fourth-order valence-electron chi connectivity index (χ4n) is 1.88. The highest BCUT2D eigenvalue weighted by molar-refractivity contribution is 5.67. The molecule has 0 aromatic carbocycles. The number of rotatable bonds is 6. The van der Waals surface area contributed by atoms with E-state index in [0.717, 1.165) is 32.1 Å². The van der Waals surface area contributed by atoms with Crippen molar-refractivity contribution in [1.82, 2.24) is 10.6 Å². The van der Waals surface area contributed by atoms with E-state index in [0.29, 0.717) is 25.9 Å². The minimum atomic E-state index is -0.351. The Morgan fingerprint density at radius 1 is 1.28 bits per heavy atom. The number of allylic oxidation sites excluding steroid dienone is 2. The molecule has 2 N–H and O–H groups in total. The largest absolute Gasteiger partial charge is 0.446 e. The number of carbonyl (C=O) groups is 2. The third-order valence-corrected chi connectivity index (χ3v) is 2.84. The summed E-state index contributed by atoms with van der Waals surface area (Å²) in [5, 5.41) is 5.23. The van der Waals surface area contributed by atoms with Crippen molar-refractivity contribution in [2.75, 3.05) is 13.1 Å². The number of amides is 2. The van der Waals surface area contributed by atoms with Crippen LogP contribution in [0.1, 0.15) is 38.5 Å². The molecule has 1 unspecified atom stereocenters. The van der Waals surface area contributed by atoms with Gasteiger partial charge in [-0.2, -0.15) is 0 Å². The topological polar surface area (TPSA) is 67.4 Å². The van der Waals surface area contributed by atoms with Gasteiger partial charge in [-0.05, 0) is 38.5 Å². The lowest BCUT2D eigenvalue weighted by molar-refractivity contribution is -0.109. The molecule has 102 valence electrons. The zero-order valence-electron chi connectivity index (χ0n) is 10.7. The summed E-state index contributed by atoms with van der Waals surface area (Å²) in [4.78, 5) is 21.5. The third-order valence-electron chi connectivity index (χ3n) is 2.84. The molecule has 0 aromatic heterocycles. The number of hydrogen-bond acceptors (Lipinski definition) is 3. The van der Waals surface area contributed by atoms with Gasteiger partial charge in [0.25, 0.3) is 0 Å². The van der Waals surface area contributed by atoms with Crippen LogP contribution in [-0.4, -0.2) is 31.7 Å². The van der Waals surface area contributed by atoms with E-state index in [1.165, 1.54) is 0 Å². The molecular formula is C13H22N2O3. The summed E-state index contributed by atoms with van der Waals surface area (Å²) in [6.07, 6.45) is 10.3. The van der Waals surface area contributed by atoms with Crippen LogP contribution in [0, 0.1) is 0 Å². The quantitative estimate of drug-likeness (QED) is 0.431. The van der Waals surface area contributed by atoms with E-state index >= 15 is 0 Å². The highest BCUT2D eigenvalue weighted by Crippen LogP contribution is 2.15. The molecule has 18 heavy (non-hydrogen) atoms.